The number of hydrogen-bond acceptors (Lipinski definition) is 3. The molecule has 4 nitrogen and oxygen atoms in total. The third-order valence-corrected chi connectivity index (χ3v) is 3.63. The van der Waals surface area contributed by atoms with Crippen LogP contribution in [0.1, 0.15) is 40.5 Å². The number of aliphatic imine (C=N–C) groups is 1. The molecule has 1 saturated heterocycles. The highest BCUT2D eigenvalue weighted by Gasteiger charge is 2.19. The molecule has 0 amide bonds. The summed E-state index contributed by atoms with van der Waals surface area (Å²) in [5.74, 6) is 0.941. The first-order valence-electron chi connectivity index (χ1n) is 7.83. The predicted molar refractivity (Wildman–Crippen MR) is 92.2 cm³/mol. The molecule has 21 heavy (non-hydrogen) atoms. The van der Waals surface area contributed by atoms with E-state index in [4.69, 9.17) is 5.41 Å². The van der Waals surface area contributed by atoms with Crippen molar-refractivity contribution < 1.29 is 0 Å². The molecule has 0 bridgehead atoms. The second-order valence-corrected chi connectivity index (χ2v) is 6.25. The van der Waals surface area contributed by atoms with Crippen LogP contribution in [0.3, 0.4) is 0 Å². The summed E-state index contributed by atoms with van der Waals surface area (Å²) in [6.07, 6.45) is 6.29. The summed E-state index contributed by atoms with van der Waals surface area (Å²) in [4.78, 5) is 6.49. The minimum absolute atomic E-state index is 0.307. The topological polar surface area (TPSA) is 51.5 Å². The van der Waals surface area contributed by atoms with Crippen molar-refractivity contribution in [1.82, 2.24) is 10.2 Å². The first-order chi connectivity index (χ1) is 9.90. The van der Waals surface area contributed by atoms with Crippen LogP contribution in [0.15, 0.2) is 28.9 Å². The van der Waals surface area contributed by atoms with Gasteiger partial charge in [0.25, 0.3) is 0 Å². The van der Waals surface area contributed by atoms with Crippen molar-refractivity contribution in [1.29, 1.82) is 5.41 Å². The van der Waals surface area contributed by atoms with Gasteiger partial charge in [0.1, 0.15) is 5.84 Å². The highest BCUT2D eigenvalue weighted by molar-refractivity contribution is 5.93. The van der Waals surface area contributed by atoms with Crippen LogP contribution in [-0.2, 0) is 0 Å². The maximum atomic E-state index is 7.35. The van der Waals surface area contributed by atoms with Crippen LogP contribution < -0.4 is 5.32 Å². The minimum atomic E-state index is 0.307. The van der Waals surface area contributed by atoms with Crippen LogP contribution in [-0.4, -0.2) is 42.6 Å². The molecular formula is C17H30N4. The van der Waals surface area contributed by atoms with Gasteiger partial charge in [-0.05, 0) is 56.8 Å². The Morgan fingerprint density at radius 1 is 1.38 bits per heavy atom. The van der Waals surface area contributed by atoms with Gasteiger partial charge >= 0.3 is 0 Å². The Labute approximate surface area is 129 Å². The van der Waals surface area contributed by atoms with E-state index < -0.39 is 0 Å². The summed E-state index contributed by atoms with van der Waals surface area (Å²) in [5, 5.41) is 10.8. The van der Waals surface area contributed by atoms with Crippen molar-refractivity contribution >= 4 is 12.1 Å². The molecule has 1 fully saturated rings. The number of allylic oxidation sites excluding steroid dienone is 2. The molecule has 0 aromatic rings. The molecule has 1 aliphatic rings. The zero-order valence-corrected chi connectivity index (χ0v) is 13.9. The summed E-state index contributed by atoms with van der Waals surface area (Å²) in [7, 11) is 0. The van der Waals surface area contributed by atoms with Crippen LogP contribution in [0.5, 0.6) is 0 Å². The van der Waals surface area contributed by atoms with Crippen molar-refractivity contribution in [2.45, 2.75) is 46.6 Å². The van der Waals surface area contributed by atoms with Crippen LogP contribution in [0.4, 0.5) is 0 Å². The Kier molecular flexibility index (Phi) is 7.37. The molecule has 0 saturated carbocycles. The second kappa shape index (κ2) is 8.78. The summed E-state index contributed by atoms with van der Waals surface area (Å²) in [5.41, 5.74) is 2.00. The molecule has 2 N–H and O–H groups in total. The van der Waals surface area contributed by atoms with Crippen molar-refractivity contribution in [3.63, 3.8) is 0 Å². The van der Waals surface area contributed by atoms with Gasteiger partial charge < -0.3 is 10.2 Å². The third-order valence-electron chi connectivity index (χ3n) is 3.63. The number of rotatable bonds is 6. The lowest BCUT2D eigenvalue weighted by atomic mass is 10.0. The van der Waals surface area contributed by atoms with Gasteiger partial charge in [0, 0.05) is 25.0 Å². The molecule has 0 radical (unpaired) electrons. The monoisotopic (exact) mass is 290 g/mol. The van der Waals surface area contributed by atoms with Gasteiger partial charge in [0.2, 0.25) is 0 Å². The molecular weight excluding hydrogens is 260 g/mol. The summed E-state index contributed by atoms with van der Waals surface area (Å²) in [6, 6.07) is 0.609. The maximum Gasteiger partial charge on any atom is 0.117 e. The van der Waals surface area contributed by atoms with Gasteiger partial charge in [0.05, 0.1) is 0 Å². The van der Waals surface area contributed by atoms with Gasteiger partial charge in [-0.25, -0.2) is 4.99 Å². The molecule has 1 heterocycles. The molecule has 0 unspecified atom stereocenters. The van der Waals surface area contributed by atoms with Crippen molar-refractivity contribution in [3.05, 3.63) is 23.9 Å². The standard InChI is InChI=1S/C17H30N4/c1-13(2)11-21(17-6-8-19-9-7-17)12-15(4)14(3)10-20-16(5)18/h10,12-13,17-19H,3,6-9,11H2,1-2,4-5H3. The molecule has 0 atom stereocenters. The Bertz CT molecular complexity index is 415. The molecule has 1 aliphatic heterocycles. The van der Waals surface area contributed by atoms with E-state index in [-0.39, 0.29) is 0 Å². The fourth-order valence-electron chi connectivity index (χ4n) is 2.48. The van der Waals surface area contributed by atoms with Crippen LogP contribution >= 0.6 is 0 Å². The van der Waals surface area contributed by atoms with E-state index in [1.165, 1.54) is 12.8 Å². The highest BCUT2D eigenvalue weighted by atomic mass is 15.2. The Balaban J connectivity index is 2.79. The molecule has 0 aromatic heterocycles. The van der Waals surface area contributed by atoms with Gasteiger partial charge in [0.15, 0.2) is 0 Å². The van der Waals surface area contributed by atoms with E-state index in [0.717, 1.165) is 30.8 Å². The fraction of sp³-hybridized carbons (Fsp3) is 0.647. The molecule has 0 aromatic carbocycles. The lowest BCUT2D eigenvalue weighted by Crippen LogP contribution is -2.42. The van der Waals surface area contributed by atoms with Gasteiger partial charge in [-0.2, -0.15) is 0 Å². The number of hydrogen-bond donors (Lipinski definition) is 2. The average molecular weight is 290 g/mol. The normalized spacial score (nSPS) is 17.5. The maximum absolute atomic E-state index is 7.35. The van der Waals surface area contributed by atoms with E-state index in [9.17, 15) is 0 Å². The van der Waals surface area contributed by atoms with Crippen LogP contribution in [0.25, 0.3) is 0 Å². The molecule has 118 valence electrons. The van der Waals surface area contributed by atoms with Crippen molar-refractivity contribution in [3.8, 4) is 0 Å². The summed E-state index contributed by atoms with van der Waals surface area (Å²) in [6.45, 7) is 15.6. The lowest BCUT2D eigenvalue weighted by Gasteiger charge is -2.35. The van der Waals surface area contributed by atoms with Crippen LogP contribution in [0.2, 0.25) is 0 Å². The van der Waals surface area contributed by atoms with E-state index in [1.54, 1.807) is 13.1 Å². The fourth-order valence-corrected chi connectivity index (χ4v) is 2.48. The Hall–Kier alpha value is -1.42. The van der Waals surface area contributed by atoms with E-state index >= 15 is 0 Å². The van der Waals surface area contributed by atoms with Crippen molar-refractivity contribution in [2.24, 2.45) is 10.9 Å². The smallest absolute Gasteiger partial charge is 0.117 e. The summed E-state index contributed by atoms with van der Waals surface area (Å²) >= 11 is 0. The lowest BCUT2D eigenvalue weighted by molar-refractivity contribution is 0.205. The third kappa shape index (κ3) is 6.71. The van der Waals surface area contributed by atoms with E-state index in [0.29, 0.717) is 17.8 Å². The number of piperidine rings is 1. The number of nitrogens with one attached hydrogen (secondary N) is 2. The van der Waals surface area contributed by atoms with Gasteiger partial charge in [-0.15, -0.1) is 0 Å². The Morgan fingerprint density at radius 3 is 2.52 bits per heavy atom. The zero-order chi connectivity index (χ0) is 15.8. The average Bonchev–Trinajstić information content (AvgIpc) is 2.44. The highest BCUT2D eigenvalue weighted by Crippen LogP contribution is 2.17. The predicted octanol–water partition coefficient (Wildman–Crippen LogP) is 3.22. The first kappa shape index (κ1) is 17.6. The van der Waals surface area contributed by atoms with Gasteiger partial charge in [-0.1, -0.05) is 20.4 Å². The number of amidine groups is 1. The quantitative estimate of drug-likeness (QED) is 0.448. The largest absolute Gasteiger partial charge is 0.374 e. The second-order valence-electron chi connectivity index (χ2n) is 6.25. The Morgan fingerprint density at radius 2 is 2.00 bits per heavy atom. The molecule has 1 rings (SSSR count). The first-order valence-corrected chi connectivity index (χ1v) is 7.83. The molecule has 0 spiro atoms. The van der Waals surface area contributed by atoms with Gasteiger partial charge in [-0.3, -0.25) is 5.41 Å². The van der Waals surface area contributed by atoms with Crippen molar-refractivity contribution in [2.75, 3.05) is 19.6 Å². The SMILES string of the molecule is C=C(C=NC(C)=N)C(C)=CN(CC(C)C)C1CCNCC1. The van der Waals surface area contributed by atoms with Crippen LogP contribution in [0, 0.1) is 11.3 Å². The minimum Gasteiger partial charge on any atom is -0.374 e. The van der Waals surface area contributed by atoms with E-state index in [2.05, 4.69) is 48.8 Å². The van der Waals surface area contributed by atoms with E-state index in [1.807, 2.05) is 0 Å². The number of nitrogens with zero attached hydrogens (tertiary/aromatic N) is 2. The summed E-state index contributed by atoms with van der Waals surface area (Å²) < 4.78 is 0. The molecule has 4 heteroatoms. The molecule has 0 aliphatic carbocycles. The zero-order valence-electron chi connectivity index (χ0n) is 13.9.